The molecule has 3 aliphatic heterocycles. The Morgan fingerprint density at radius 2 is 1.82 bits per heavy atom. The van der Waals surface area contributed by atoms with Crippen molar-refractivity contribution >= 4 is 23.7 Å². The fourth-order valence-corrected chi connectivity index (χ4v) is 6.29. The van der Waals surface area contributed by atoms with E-state index in [1.165, 1.54) is 7.11 Å². The van der Waals surface area contributed by atoms with Crippen LogP contribution < -0.4 is 27.6 Å². The number of aromatic nitrogens is 2. The topological polar surface area (TPSA) is 260 Å². The van der Waals surface area contributed by atoms with Gasteiger partial charge in [-0.05, 0) is 38.7 Å². The maximum Gasteiger partial charge on any atom is 0.330 e. The molecule has 0 aliphatic carbocycles. The normalized spacial score (nSPS) is 29.9. The lowest BCUT2D eigenvalue weighted by Crippen LogP contribution is -2.54. The molecule has 3 amide bonds. The van der Waals surface area contributed by atoms with Gasteiger partial charge in [0.2, 0.25) is 18.1 Å². The van der Waals surface area contributed by atoms with Gasteiger partial charge in [0.25, 0.3) is 11.5 Å². The van der Waals surface area contributed by atoms with Crippen LogP contribution in [-0.2, 0) is 42.9 Å². The Morgan fingerprint density at radius 3 is 2.51 bits per heavy atom. The van der Waals surface area contributed by atoms with Crippen LogP contribution >= 0.6 is 0 Å². The Hall–Kier alpha value is -4.10. The van der Waals surface area contributed by atoms with Gasteiger partial charge in [-0.15, -0.1) is 0 Å². The van der Waals surface area contributed by atoms with Crippen molar-refractivity contribution in [3.05, 3.63) is 44.9 Å². The number of nitrogens with one attached hydrogen (secondary N) is 3. The average molecular weight is 724 g/mol. The van der Waals surface area contributed by atoms with Gasteiger partial charge >= 0.3 is 11.7 Å². The average Bonchev–Trinajstić information content (AvgIpc) is 3.33. The van der Waals surface area contributed by atoms with E-state index in [4.69, 9.17) is 29.4 Å². The Morgan fingerprint density at radius 1 is 1.10 bits per heavy atom. The zero-order chi connectivity index (χ0) is 37.2. The summed E-state index contributed by atoms with van der Waals surface area (Å²) in [6, 6.07) is 0.0739. The smallest absolute Gasteiger partial charge is 0.330 e. The molecule has 0 bridgehead atoms. The molecule has 7 N–H and O–H groups in total. The number of nitrogens with two attached hydrogens (primary N) is 1. The van der Waals surface area contributed by atoms with Crippen molar-refractivity contribution in [3.63, 3.8) is 0 Å². The van der Waals surface area contributed by atoms with E-state index < -0.39 is 95.9 Å². The van der Waals surface area contributed by atoms with Crippen molar-refractivity contribution in [2.45, 2.75) is 139 Å². The molecule has 0 saturated carbocycles. The molecule has 1 aromatic heterocycles. The number of amides is 3. The lowest BCUT2D eigenvalue weighted by Gasteiger charge is -2.35. The first-order valence-corrected chi connectivity index (χ1v) is 17.3. The number of ether oxygens (including phenoxy) is 5. The molecular formula is C33H49N5O13. The van der Waals surface area contributed by atoms with Crippen molar-refractivity contribution < 1.29 is 53.1 Å². The van der Waals surface area contributed by atoms with Crippen LogP contribution in [0.1, 0.15) is 84.3 Å². The summed E-state index contributed by atoms with van der Waals surface area (Å²) in [5.41, 5.74) is 4.11. The third-order valence-electron chi connectivity index (χ3n) is 9.04. The second-order valence-electron chi connectivity index (χ2n) is 13.0. The second-order valence-corrected chi connectivity index (χ2v) is 13.0. The van der Waals surface area contributed by atoms with E-state index in [1.54, 1.807) is 0 Å². The van der Waals surface area contributed by atoms with E-state index in [0.717, 1.165) is 61.4 Å². The number of primary amides is 1. The third-order valence-corrected chi connectivity index (χ3v) is 9.04. The van der Waals surface area contributed by atoms with E-state index in [2.05, 4.69) is 22.5 Å². The SMILES string of the molecule is CCCCCCCCC(=O)O[C@@H]1[C@H](OC)[C@@H]([C@@H](O[C@H]2OC(C(=O)N[C@H]3CCC[C@@H](C)NC3=O)=C[C@H](O)[C@@H]2O)C(N)=O)O[C@H]1n1ccc(=O)[nH]c1=O. The maximum atomic E-state index is 13.1. The number of carbonyl (C=O) groups is 4. The molecule has 18 heteroatoms. The number of methoxy groups -OCH3 is 1. The van der Waals surface area contributed by atoms with Crippen LogP contribution in [0, 0.1) is 0 Å². The van der Waals surface area contributed by atoms with Crippen LogP contribution in [0.15, 0.2) is 33.7 Å². The monoisotopic (exact) mass is 723 g/mol. The Labute approximate surface area is 294 Å². The Bertz CT molecular complexity index is 1530. The van der Waals surface area contributed by atoms with Crippen LogP contribution in [0.4, 0.5) is 0 Å². The van der Waals surface area contributed by atoms with E-state index in [1.807, 2.05) is 6.92 Å². The van der Waals surface area contributed by atoms with Crippen LogP contribution in [0.3, 0.4) is 0 Å². The molecule has 0 spiro atoms. The van der Waals surface area contributed by atoms with Crippen LogP contribution in [0.25, 0.3) is 0 Å². The number of aliphatic hydroxyl groups is 2. The van der Waals surface area contributed by atoms with Crippen LogP contribution in [0.2, 0.25) is 0 Å². The minimum atomic E-state index is -1.88. The van der Waals surface area contributed by atoms with Crippen molar-refractivity contribution in [1.29, 1.82) is 0 Å². The van der Waals surface area contributed by atoms with E-state index in [0.29, 0.717) is 19.3 Å². The van der Waals surface area contributed by atoms with Gasteiger partial charge < -0.3 is 50.3 Å². The molecule has 10 atom stereocenters. The summed E-state index contributed by atoms with van der Waals surface area (Å²) >= 11 is 0. The molecule has 1 aromatic rings. The lowest BCUT2D eigenvalue weighted by molar-refractivity contribution is -0.241. The molecule has 51 heavy (non-hydrogen) atoms. The standard InChI is InChI=1S/C33H49N5O13/c1-4-5-6-7-8-9-13-22(41)49-27-24(47-3)25(50-31(27)38-15-14-21(40)37-33(38)46)26(28(34)43)51-32-23(42)19(39)16-20(48-32)30(45)36-18-12-10-11-17(2)35-29(18)44/h14-19,23-27,31-32,39,42H,4-13H2,1-3H3,(H2,34,43)(H,35,44)(H,36,45)(H,37,40,46)/t17-,18+,19+,23+,24-,25+,26-,27-,31-,32-/m1/s1. The van der Waals surface area contributed by atoms with Crippen LogP contribution in [-0.4, -0.2) is 106 Å². The largest absolute Gasteiger partial charge is 0.456 e. The Kier molecular flexibility index (Phi) is 14.3. The fraction of sp³-hybridized carbons (Fsp3) is 0.697. The summed E-state index contributed by atoms with van der Waals surface area (Å²) in [7, 11) is 1.23. The van der Waals surface area contributed by atoms with Gasteiger partial charge in [-0.1, -0.05) is 39.0 Å². The first kappa shape index (κ1) is 39.7. The predicted molar refractivity (Wildman–Crippen MR) is 176 cm³/mol. The van der Waals surface area contributed by atoms with Gasteiger partial charge in [0.15, 0.2) is 24.2 Å². The van der Waals surface area contributed by atoms with Gasteiger partial charge in [0, 0.05) is 31.8 Å². The number of nitrogens with zero attached hydrogens (tertiary/aromatic N) is 1. The summed E-state index contributed by atoms with van der Waals surface area (Å²) in [6.07, 6.45) is -3.61. The Balaban J connectivity index is 1.54. The molecule has 0 unspecified atom stereocenters. The van der Waals surface area contributed by atoms with Crippen molar-refractivity contribution in [3.8, 4) is 0 Å². The minimum absolute atomic E-state index is 0.0471. The third kappa shape index (κ3) is 10.2. The number of esters is 1. The zero-order valence-electron chi connectivity index (χ0n) is 29.0. The van der Waals surface area contributed by atoms with Crippen molar-refractivity contribution in [2.75, 3.05) is 7.11 Å². The van der Waals surface area contributed by atoms with E-state index in [9.17, 15) is 39.0 Å². The molecule has 3 aliphatic rings. The molecule has 0 aromatic carbocycles. The minimum Gasteiger partial charge on any atom is -0.456 e. The van der Waals surface area contributed by atoms with Gasteiger partial charge in [-0.25, -0.2) is 4.79 Å². The number of hydrogen-bond donors (Lipinski definition) is 6. The fourth-order valence-electron chi connectivity index (χ4n) is 6.29. The van der Waals surface area contributed by atoms with Gasteiger partial charge in [-0.3, -0.25) is 33.5 Å². The number of rotatable bonds is 16. The van der Waals surface area contributed by atoms with Gasteiger partial charge in [-0.2, -0.15) is 0 Å². The molecule has 4 heterocycles. The second kappa shape index (κ2) is 18.4. The number of aliphatic hydroxyl groups excluding tert-OH is 2. The highest BCUT2D eigenvalue weighted by Gasteiger charge is 2.54. The highest BCUT2D eigenvalue weighted by atomic mass is 16.7. The highest BCUT2D eigenvalue weighted by molar-refractivity contribution is 5.95. The molecule has 0 radical (unpaired) electrons. The van der Waals surface area contributed by atoms with Gasteiger partial charge in [0.1, 0.15) is 30.5 Å². The molecule has 284 valence electrons. The van der Waals surface area contributed by atoms with E-state index >= 15 is 0 Å². The molecule has 4 rings (SSSR count). The number of unbranched alkanes of at least 4 members (excludes halogenated alkanes) is 5. The summed E-state index contributed by atoms with van der Waals surface area (Å²) < 4.78 is 29.8. The number of H-pyrrole nitrogens is 1. The number of aromatic amines is 1. The molecule has 18 nitrogen and oxygen atoms in total. The first-order chi connectivity index (χ1) is 24.3. The number of carbonyl (C=O) groups excluding carboxylic acids is 4. The summed E-state index contributed by atoms with van der Waals surface area (Å²) in [5, 5.41) is 26.7. The molecule has 2 fully saturated rings. The summed E-state index contributed by atoms with van der Waals surface area (Å²) in [6.45, 7) is 3.94. The molecule has 2 saturated heterocycles. The maximum absolute atomic E-state index is 13.1. The summed E-state index contributed by atoms with van der Waals surface area (Å²) in [5.74, 6) is -3.58. The van der Waals surface area contributed by atoms with Gasteiger partial charge in [0.05, 0.1) is 0 Å². The van der Waals surface area contributed by atoms with Crippen molar-refractivity contribution in [1.82, 2.24) is 20.2 Å². The summed E-state index contributed by atoms with van der Waals surface area (Å²) in [4.78, 5) is 78.4. The van der Waals surface area contributed by atoms with Crippen molar-refractivity contribution in [2.24, 2.45) is 5.73 Å². The first-order valence-electron chi connectivity index (χ1n) is 17.3. The zero-order valence-corrected chi connectivity index (χ0v) is 29.0. The number of hydrogen-bond acceptors (Lipinski definition) is 13. The molecular weight excluding hydrogens is 674 g/mol. The lowest BCUT2D eigenvalue weighted by atomic mass is 10.0. The predicted octanol–water partition coefficient (Wildman–Crippen LogP) is -0.883. The van der Waals surface area contributed by atoms with E-state index in [-0.39, 0.29) is 12.5 Å². The highest BCUT2D eigenvalue weighted by Crippen LogP contribution is 2.36. The quantitative estimate of drug-likeness (QED) is 0.0895. The van der Waals surface area contributed by atoms with Crippen LogP contribution in [0.5, 0.6) is 0 Å².